The van der Waals surface area contributed by atoms with Gasteiger partial charge < -0.3 is 10.2 Å². The van der Waals surface area contributed by atoms with Crippen molar-refractivity contribution in [2.75, 3.05) is 19.6 Å². The third-order valence-electron chi connectivity index (χ3n) is 3.90. The SMILES string of the molecule is CCNC(=O)CN1CCCc2nc(C3CC3)ncc2C1=O. The molecule has 1 aromatic rings. The molecule has 1 saturated carbocycles. The molecule has 112 valence electrons. The quantitative estimate of drug-likeness (QED) is 0.892. The molecule has 1 fully saturated rings. The van der Waals surface area contributed by atoms with Gasteiger partial charge in [-0.1, -0.05) is 0 Å². The zero-order valence-corrected chi connectivity index (χ0v) is 12.3. The highest BCUT2D eigenvalue weighted by molar-refractivity contribution is 5.97. The predicted molar refractivity (Wildman–Crippen MR) is 76.9 cm³/mol. The first kappa shape index (κ1) is 14.0. The highest BCUT2D eigenvalue weighted by Gasteiger charge is 2.30. The smallest absolute Gasteiger partial charge is 0.257 e. The lowest BCUT2D eigenvalue weighted by molar-refractivity contribution is -0.121. The Morgan fingerprint density at radius 2 is 2.29 bits per heavy atom. The van der Waals surface area contributed by atoms with Gasteiger partial charge in [0.05, 0.1) is 17.8 Å². The minimum atomic E-state index is -0.129. The molecule has 0 saturated heterocycles. The number of nitrogens with zero attached hydrogens (tertiary/aromatic N) is 3. The molecule has 21 heavy (non-hydrogen) atoms. The van der Waals surface area contributed by atoms with E-state index in [2.05, 4.69) is 15.3 Å². The molecule has 6 heteroatoms. The summed E-state index contributed by atoms with van der Waals surface area (Å²) in [5.74, 6) is 1.11. The Balaban J connectivity index is 1.79. The minimum absolute atomic E-state index is 0.108. The van der Waals surface area contributed by atoms with Crippen LogP contribution in [0, 0.1) is 0 Å². The Labute approximate surface area is 124 Å². The number of hydrogen-bond donors (Lipinski definition) is 1. The maximum Gasteiger partial charge on any atom is 0.257 e. The normalized spacial score (nSPS) is 18.1. The van der Waals surface area contributed by atoms with E-state index in [-0.39, 0.29) is 18.4 Å². The fourth-order valence-corrected chi connectivity index (χ4v) is 2.63. The van der Waals surface area contributed by atoms with Crippen molar-refractivity contribution in [1.82, 2.24) is 20.2 Å². The van der Waals surface area contributed by atoms with Crippen LogP contribution in [0.1, 0.15) is 54.0 Å². The molecule has 0 unspecified atom stereocenters. The number of likely N-dealkylation sites (N-methyl/N-ethyl adjacent to an activating group) is 1. The second-order valence-corrected chi connectivity index (χ2v) is 5.65. The molecule has 1 aromatic heterocycles. The average molecular weight is 288 g/mol. The first-order chi connectivity index (χ1) is 10.2. The summed E-state index contributed by atoms with van der Waals surface area (Å²) in [6.07, 6.45) is 5.55. The summed E-state index contributed by atoms with van der Waals surface area (Å²) in [5, 5.41) is 2.73. The molecule has 1 aliphatic heterocycles. The van der Waals surface area contributed by atoms with E-state index in [4.69, 9.17) is 0 Å². The zero-order valence-electron chi connectivity index (χ0n) is 12.3. The van der Waals surface area contributed by atoms with Gasteiger partial charge in [-0.3, -0.25) is 9.59 Å². The lowest BCUT2D eigenvalue weighted by atomic mass is 10.1. The summed E-state index contributed by atoms with van der Waals surface area (Å²) in [6.45, 7) is 3.14. The molecule has 0 spiro atoms. The Kier molecular flexibility index (Phi) is 3.86. The van der Waals surface area contributed by atoms with Crippen LogP contribution in [-0.4, -0.2) is 46.3 Å². The van der Waals surface area contributed by atoms with Crippen LogP contribution in [0.4, 0.5) is 0 Å². The Hall–Kier alpha value is -1.98. The number of aryl methyl sites for hydroxylation is 1. The number of hydrogen-bond acceptors (Lipinski definition) is 4. The van der Waals surface area contributed by atoms with Gasteiger partial charge in [-0.25, -0.2) is 9.97 Å². The van der Waals surface area contributed by atoms with Crippen LogP contribution < -0.4 is 5.32 Å². The fraction of sp³-hybridized carbons (Fsp3) is 0.600. The van der Waals surface area contributed by atoms with Crippen molar-refractivity contribution < 1.29 is 9.59 Å². The van der Waals surface area contributed by atoms with Gasteiger partial charge in [0.1, 0.15) is 5.82 Å². The van der Waals surface area contributed by atoms with E-state index in [1.54, 1.807) is 11.1 Å². The maximum absolute atomic E-state index is 12.5. The Morgan fingerprint density at radius 3 is 3.00 bits per heavy atom. The van der Waals surface area contributed by atoms with Gasteiger partial charge in [0, 0.05) is 25.2 Å². The standard InChI is InChI=1S/C15H20N4O2/c1-2-16-13(20)9-19-7-3-4-12-11(15(19)21)8-17-14(18-12)10-5-6-10/h8,10H,2-7,9H2,1H3,(H,16,20). The number of fused-ring (bicyclic) bond motifs is 1. The van der Waals surface area contributed by atoms with E-state index in [0.29, 0.717) is 24.6 Å². The highest BCUT2D eigenvalue weighted by Crippen LogP contribution is 2.38. The number of carbonyl (C=O) groups is 2. The number of carbonyl (C=O) groups excluding carboxylic acids is 2. The molecular weight excluding hydrogens is 268 g/mol. The first-order valence-electron chi connectivity index (χ1n) is 7.60. The predicted octanol–water partition coefficient (Wildman–Crippen LogP) is 0.878. The van der Waals surface area contributed by atoms with Gasteiger partial charge >= 0.3 is 0 Å². The first-order valence-corrected chi connectivity index (χ1v) is 7.60. The second-order valence-electron chi connectivity index (χ2n) is 5.65. The van der Waals surface area contributed by atoms with Crippen molar-refractivity contribution in [3.05, 3.63) is 23.3 Å². The summed E-state index contributed by atoms with van der Waals surface area (Å²) in [6, 6.07) is 0. The van der Waals surface area contributed by atoms with E-state index >= 15 is 0 Å². The molecule has 2 aliphatic rings. The summed E-state index contributed by atoms with van der Waals surface area (Å²) >= 11 is 0. The lowest BCUT2D eigenvalue weighted by Gasteiger charge is -2.19. The summed E-state index contributed by atoms with van der Waals surface area (Å²) in [4.78, 5) is 34.7. The summed E-state index contributed by atoms with van der Waals surface area (Å²) < 4.78 is 0. The van der Waals surface area contributed by atoms with Crippen LogP contribution >= 0.6 is 0 Å². The van der Waals surface area contributed by atoms with Crippen molar-refractivity contribution in [2.45, 2.75) is 38.5 Å². The minimum Gasteiger partial charge on any atom is -0.355 e. The van der Waals surface area contributed by atoms with Gasteiger partial charge in [-0.05, 0) is 32.6 Å². The van der Waals surface area contributed by atoms with Crippen molar-refractivity contribution >= 4 is 11.8 Å². The van der Waals surface area contributed by atoms with E-state index in [0.717, 1.165) is 37.2 Å². The van der Waals surface area contributed by atoms with Crippen LogP contribution in [0.15, 0.2) is 6.20 Å². The molecule has 0 radical (unpaired) electrons. The number of aromatic nitrogens is 2. The van der Waals surface area contributed by atoms with Crippen LogP contribution in [0.5, 0.6) is 0 Å². The molecule has 2 amide bonds. The Bertz CT molecular complexity index is 569. The van der Waals surface area contributed by atoms with Crippen LogP contribution in [-0.2, 0) is 11.2 Å². The van der Waals surface area contributed by atoms with Crippen molar-refractivity contribution in [3.8, 4) is 0 Å². The van der Waals surface area contributed by atoms with Crippen molar-refractivity contribution in [2.24, 2.45) is 0 Å². The monoisotopic (exact) mass is 288 g/mol. The van der Waals surface area contributed by atoms with Crippen LogP contribution in [0.3, 0.4) is 0 Å². The lowest BCUT2D eigenvalue weighted by Crippen LogP contribution is -2.40. The zero-order chi connectivity index (χ0) is 14.8. The van der Waals surface area contributed by atoms with Crippen LogP contribution in [0.25, 0.3) is 0 Å². The molecule has 1 N–H and O–H groups in total. The molecule has 0 aromatic carbocycles. The fourth-order valence-electron chi connectivity index (χ4n) is 2.63. The number of amides is 2. The van der Waals surface area contributed by atoms with Gasteiger partial charge in [-0.15, -0.1) is 0 Å². The number of nitrogens with one attached hydrogen (secondary N) is 1. The van der Waals surface area contributed by atoms with Gasteiger partial charge in [0.25, 0.3) is 5.91 Å². The molecule has 2 heterocycles. The molecule has 6 nitrogen and oxygen atoms in total. The number of rotatable bonds is 4. The van der Waals surface area contributed by atoms with E-state index in [1.165, 1.54) is 0 Å². The van der Waals surface area contributed by atoms with E-state index in [9.17, 15) is 9.59 Å². The van der Waals surface area contributed by atoms with Gasteiger partial charge in [-0.2, -0.15) is 0 Å². The summed E-state index contributed by atoms with van der Waals surface area (Å²) in [7, 11) is 0. The summed E-state index contributed by atoms with van der Waals surface area (Å²) in [5.41, 5.74) is 1.40. The maximum atomic E-state index is 12.5. The largest absolute Gasteiger partial charge is 0.355 e. The van der Waals surface area contributed by atoms with E-state index in [1.807, 2.05) is 6.92 Å². The van der Waals surface area contributed by atoms with Crippen molar-refractivity contribution in [1.29, 1.82) is 0 Å². The molecule has 3 rings (SSSR count). The highest BCUT2D eigenvalue weighted by atomic mass is 16.2. The van der Waals surface area contributed by atoms with Gasteiger partial charge in [0.15, 0.2) is 0 Å². The third-order valence-corrected chi connectivity index (χ3v) is 3.90. The molecular formula is C15H20N4O2. The molecule has 0 bridgehead atoms. The molecule has 0 atom stereocenters. The van der Waals surface area contributed by atoms with Crippen molar-refractivity contribution in [3.63, 3.8) is 0 Å². The third kappa shape index (κ3) is 3.04. The molecule has 1 aliphatic carbocycles. The van der Waals surface area contributed by atoms with Crippen LogP contribution in [0.2, 0.25) is 0 Å². The second kappa shape index (κ2) is 5.79. The topological polar surface area (TPSA) is 75.2 Å². The Morgan fingerprint density at radius 1 is 1.48 bits per heavy atom. The van der Waals surface area contributed by atoms with E-state index < -0.39 is 0 Å². The average Bonchev–Trinajstić information content (AvgIpc) is 3.30. The van der Waals surface area contributed by atoms with Gasteiger partial charge in [0.2, 0.25) is 5.91 Å².